The van der Waals surface area contributed by atoms with E-state index >= 15 is 0 Å². The number of hydrogen-bond donors (Lipinski definition) is 0. The van der Waals surface area contributed by atoms with Gasteiger partial charge in [0.05, 0.1) is 6.07 Å². The lowest BCUT2D eigenvalue weighted by Gasteiger charge is -2.21. The van der Waals surface area contributed by atoms with Gasteiger partial charge in [-0.3, -0.25) is 0 Å². The highest BCUT2D eigenvalue weighted by atomic mass is 16.5. The minimum Gasteiger partial charge on any atom is -0.488 e. The molecule has 0 amide bonds. The molecule has 84 valence electrons. The number of benzene rings is 1. The van der Waals surface area contributed by atoms with Crippen LogP contribution in [0.4, 0.5) is 0 Å². The van der Waals surface area contributed by atoms with Gasteiger partial charge in [0.1, 0.15) is 23.6 Å². The third-order valence-corrected chi connectivity index (χ3v) is 1.94. The van der Waals surface area contributed by atoms with E-state index in [0.717, 1.165) is 5.75 Å². The average molecular weight is 217 g/mol. The zero-order chi connectivity index (χ0) is 12.2. The van der Waals surface area contributed by atoms with Gasteiger partial charge in [-0.1, -0.05) is 12.1 Å². The summed E-state index contributed by atoms with van der Waals surface area (Å²) in [7, 11) is 0. The van der Waals surface area contributed by atoms with Crippen LogP contribution in [-0.2, 0) is 4.79 Å². The Morgan fingerprint density at radius 2 is 1.88 bits per heavy atom. The van der Waals surface area contributed by atoms with Crippen LogP contribution in [0.5, 0.6) is 5.75 Å². The molecule has 1 atom stereocenters. The molecule has 3 heteroatoms. The zero-order valence-corrected chi connectivity index (χ0v) is 9.73. The summed E-state index contributed by atoms with van der Waals surface area (Å²) in [5.74, 6) is 0.0440. The summed E-state index contributed by atoms with van der Waals surface area (Å²) in [6.07, 6.45) is 0.639. The predicted molar refractivity (Wildman–Crippen MR) is 61.2 cm³/mol. The number of hydrogen-bond acceptors (Lipinski definition) is 3. The normalized spacial score (nSPS) is 12.6. The maximum atomic E-state index is 10.6. The first kappa shape index (κ1) is 12.3. The van der Waals surface area contributed by atoms with Crippen LogP contribution in [0.25, 0.3) is 0 Å². The summed E-state index contributed by atoms with van der Waals surface area (Å²) in [5, 5.41) is 8.72. The lowest BCUT2D eigenvalue weighted by Crippen LogP contribution is -2.22. The lowest BCUT2D eigenvalue weighted by molar-refractivity contribution is -0.108. The van der Waals surface area contributed by atoms with Crippen molar-refractivity contribution in [1.29, 1.82) is 5.26 Å². The molecular weight excluding hydrogens is 202 g/mol. The van der Waals surface area contributed by atoms with Crippen molar-refractivity contribution in [2.45, 2.75) is 32.3 Å². The van der Waals surface area contributed by atoms with Crippen LogP contribution in [0.1, 0.15) is 32.3 Å². The SMILES string of the molecule is CC(C)(C)Oc1ccc(C(C#N)C=O)cc1. The van der Waals surface area contributed by atoms with E-state index in [4.69, 9.17) is 10.00 Å². The Morgan fingerprint density at radius 1 is 1.31 bits per heavy atom. The Kier molecular flexibility index (Phi) is 3.68. The molecule has 0 saturated carbocycles. The molecule has 3 nitrogen and oxygen atoms in total. The molecule has 1 aromatic carbocycles. The lowest BCUT2D eigenvalue weighted by atomic mass is 10.0. The maximum absolute atomic E-state index is 10.6. The van der Waals surface area contributed by atoms with Crippen molar-refractivity contribution >= 4 is 6.29 Å². The summed E-state index contributed by atoms with van der Waals surface area (Å²) < 4.78 is 5.63. The highest BCUT2D eigenvalue weighted by Gasteiger charge is 2.13. The summed E-state index contributed by atoms with van der Waals surface area (Å²) >= 11 is 0. The second kappa shape index (κ2) is 4.80. The smallest absolute Gasteiger partial charge is 0.141 e. The topological polar surface area (TPSA) is 50.1 Å². The van der Waals surface area contributed by atoms with E-state index in [1.54, 1.807) is 24.3 Å². The zero-order valence-electron chi connectivity index (χ0n) is 9.73. The number of aldehydes is 1. The van der Waals surface area contributed by atoms with E-state index < -0.39 is 5.92 Å². The van der Waals surface area contributed by atoms with Crippen LogP contribution in [0.3, 0.4) is 0 Å². The van der Waals surface area contributed by atoms with Crippen LogP contribution in [0, 0.1) is 11.3 Å². The van der Waals surface area contributed by atoms with Crippen molar-refractivity contribution in [3.8, 4) is 11.8 Å². The molecule has 0 aliphatic heterocycles. The highest BCUT2D eigenvalue weighted by Crippen LogP contribution is 2.21. The van der Waals surface area contributed by atoms with Crippen molar-refractivity contribution in [2.24, 2.45) is 0 Å². The Labute approximate surface area is 95.7 Å². The standard InChI is InChI=1S/C13H15NO2/c1-13(2,3)16-12-6-4-10(5-7-12)11(8-14)9-15/h4-7,9,11H,1-3H3. The molecule has 0 fully saturated rings. The van der Waals surface area contributed by atoms with E-state index in [9.17, 15) is 4.79 Å². The summed E-state index contributed by atoms with van der Waals surface area (Å²) in [4.78, 5) is 10.6. The predicted octanol–water partition coefficient (Wildman–Crippen LogP) is 2.67. The van der Waals surface area contributed by atoms with Gasteiger partial charge in [-0.2, -0.15) is 5.26 Å². The van der Waals surface area contributed by atoms with Crippen LogP contribution in [-0.4, -0.2) is 11.9 Å². The molecule has 1 unspecified atom stereocenters. The molecule has 0 aliphatic rings. The second-order valence-electron chi connectivity index (χ2n) is 4.53. The molecule has 0 radical (unpaired) electrons. The number of nitrogens with zero attached hydrogens (tertiary/aromatic N) is 1. The number of carbonyl (C=O) groups excluding carboxylic acids is 1. The maximum Gasteiger partial charge on any atom is 0.141 e. The Bertz CT molecular complexity index is 395. The summed E-state index contributed by atoms with van der Waals surface area (Å²) in [5.41, 5.74) is 0.444. The number of ether oxygens (including phenoxy) is 1. The van der Waals surface area contributed by atoms with Crippen molar-refractivity contribution in [3.05, 3.63) is 29.8 Å². The van der Waals surface area contributed by atoms with Crippen LogP contribution in [0.15, 0.2) is 24.3 Å². The summed E-state index contributed by atoms with van der Waals surface area (Å²) in [6.45, 7) is 5.89. The van der Waals surface area contributed by atoms with Crippen LogP contribution < -0.4 is 4.74 Å². The van der Waals surface area contributed by atoms with Gasteiger partial charge >= 0.3 is 0 Å². The largest absolute Gasteiger partial charge is 0.488 e. The molecule has 0 saturated heterocycles. The van der Waals surface area contributed by atoms with E-state index in [1.807, 2.05) is 26.8 Å². The molecule has 0 spiro atoms. The fourth-order valence-corrected chi connectivity index (χ4v) is 1.28. The van der Waals surface area contributed by atoms with Crippen molar-refractivity contribution < 1.29 is 9.53 Å². The van der Waals surface area contributed by atoms with E-state index in [0.29, 0.717) is 11.8 Å². The van der Waals surface area contributed by atoms with Crippen molar-refractivity contribution in [1.82, 2.24) is 0 Å². The van der Waals surface area contributed by atoms with Crippen LogP contribution >= 0.6 is 0 Å². The summed E-state index contributed by atoms with van der Waals surface area (Å²) in [6, 6.07) is 8.95. The molecule has 1 rings (SSSR count). The van der Waals surface area contributed by atoms with E-state index in [1.165, 1.54) is 0 Å². The highest BCUT2D eigenvalue weighted by molar-refractivity contribution is 5.66. The van der Waals surface area contributed by atoms with Gasteiger partial charge in [-0.05, 0) is 38.5 Å². The van der Waals surface area contributed by atoms with Crippen molar-refractivity contribution in [2.75, 3.05) is 0 Å². The first-order valence-corrected chi connectivity index (χ1v) is 5.10. The van der Waals surface area contributed by atoms with E-state index in [-0.39, 0.29) is 5.60 Å². The molecule has 0 aliphatic carbocycles. The average Bonchev–Trinajstić information content (AvgIpc) is 2.20. The number of rotatable bonds is 3. The first-order valence-electron chi connectivity index (χ1n) is 5.10. The molecule has 1 aromatic rings. The number of nitriles is 1. The fraction of sp³-hybridized carbons (Fsp3) is 0.385. The van der Waals surface area contributed by atoms with Gasteiger partial charge in [-0.15, -0.1) is 0 Å². The molecule has 0 heterocycles. The number of carbonyl (C=O) groups is 1. The molecule has 0 N–H and O–H groups in total. The van der Waals surface area contributed by atoms with Gasteiger partial charge in [0.15, 0.2) is 0 Å². The van der Waals surface area contributed by atoms with E-state index in [2.05, 4.69) is 0 Å². The third kappa shape index (κ3) is 3.39. The molecular formula is C13H15NO2. The Hall–Kier alpha value is -1.82. The third-order valence-electron chi connectivity index (χ3n) is 1.94. The van der Waals surface area contributed by atoms with Gasteiger partial charge < -0.3 is 9.53 Å². The molecule has 0 aromatic heterocycles. The Morgan fingerprint density at radius 3 is 2.25 bits per heavy atom. The van der Waals surface area contributed by atoms with Gasteiger partial charge in [0.2, 0.25) is 0 Å². The van der Waals surface area contributed by atoms with Crippen molar-refractivity contribution in [3.63, 3.8) is 0 Å². The first-order chi connectivity index (χ1) is 7.46. The van der Waals surface area contributed by atoms with Gasteiger partial charge in [-0.25, -0.2) is 0 Å². The van der Waals surface area contributed by atoms with Gasteiger partial charge in [0, 0.05) is 0 Å². The fourth-order valence-electron chi connectivity index (χ4n) is 1.28. The molecule has 0 bridgehead atoms. The molecule has 16 heavy (non-hydrogen) atoms. The second-order valence-corrected chi connectivity index (χ2v) is 4.53. The van der Waals surface area contributed by atoms with Crippen LogP contribution in [0.2, 0.25) is 0 Å². The quantitative estimate of drug-likeness (QED) is 0.731. The Balaban J connectivity index is 2.84. The minimum absolute atomic E-state index is 0.249. The monoisotopic (exact) mass is 217 g/mol. The minimum atomic E-state index is -0.691. The van der Waals surface area contributed by atoms with Gasteiger partial charge in [0.25, 0.3) is 0 Å².